The SMILES string of the molecule is N#C/C(=C\c1ccc(F)cc1)C(=O)Nc1nc2ccccc2s1. The second-order valence-corrected chi connectivity index (χ2v) is 5.69. The topological polar surface area (TPSA) is 65.8 Å². The molecular formula is C17H10FN3OS. The number of rotatable bonds is 3. The molecule has 2 aromatic carbocycles. The van der Waals surface area contributed by atoms with Crippen LogP contribution in [0.2, 0.25) is 0 Å². The molecule has 23 heavy (non-hydrogen) atoms. The number of anilines is 1. The third-order valence-corrected chi connectivity index (χ3v) is 4.01. The highest BCUT2D eigenvalue weighted by atomic mass is 32.1. The van der Waals surface area contributed by atoms with Gasteiger partial charge in [-0.25, -0.2) is 9.37 Å². The van der Waals surface area contributed by atoms with Crippen molar-refractivity contribution in [1.82, 2.24) is 4.98 Å². The van der Waals surface area contributed by atoms with E-state index in [2.05, 4.69) is 10.3 Å². The van der Waals surface area contributed by atoms with Gasteiger partial charge in [-0.05, 0) is 35.9 Å². The number of nitrogens with one attached hydrogen (secondary N) is 1. The lowest BCUT2D eigenvalue weighted by Crippen LogP contribution is -2.13. The predicted molar refractivity (Wildman–Crippen MR) is 88.2 cm³/mol. The first kappa shape index (κ1) is 14.9. The third-order valence-electron chi connectivity index (χ3n) is 3.06. The summed E-state index contributed by atoms with van der Waals surface area (Å²) in [5, 5.41) is 12.2. The number of thiazole rings is 1. The highest BCUT2D eigenvalue weighted by Gasteiger charge is 2.12. The second kappa shape index (κ2) is 6.38. The lowest BCUT2D eigenvalue weighted by atomic mass is 10.1. The van der Waals surface area contributed by atoms with E-state index in [1.54, 1.807) is 0 Å². The number of para-hydroxylation sites is 1. The Morgan fingerprint density at radius 1 is 1.22 bits per heavy atom. The Morgan fingerprint density at radius 3 is 2.65 bits per heavy atom. The van der Waals surface area contributed by atoms with Gasteiger partial charge < -0.3 is 0 Å². The zero-order chi connectivity index (χ0) is 16.2. The van der Waals surface area contributed by atoms with Gasteiger partial charge in [-0.2, -0.15) is 5.26 Å². The summed E-state index contributed by atoms with van der Waals surface area (Å²) in [7, 11) is 0. The molecule has 1 heterocycles. The fourth-order valence-corrected chi connectivity index (χ4v) is 2.83. The molecule has 0 spiro atoms. The van der Waals surface area contributed by atoms with Gasteiger partial charge in [-0.1, -0.05) is 35.6 Å². The van der Waals surface area contributed by atoms with E-state index in [9.17, 15) is 9.18 Å². The zero-order valence-electron chi connectivity index (χ0n) is 11.8. The lowest BCUT2D eigenvalue weighted by Gasteiger charge is -2.00. The van der Waals surface area contributed by atoms with E-state index in [4.69, 9.17) is 5.26 Å². The molecule has 0 saturated heterocycles. The molecule has 4 nitrogen and oxygen atoms in total. The standard InChI is InChI=1S/C17H10FN3OS/c18-13-7-5-11(6-8-13)9-12(10-19)16(22)21-17-20-14-3-1-2-4-15(14)23-17/h1-9H,(H,20,21,22)/b12-9+. The van der Waals surface area contributed by atoms with Crippen LogP contribution in [-0.4, -0.2) is 10.9 Å². The van der Waals surface area contributed by atoms with Crippen LogP contribution < -0.4 is 5.32 Å². The summed E-state index contributed by atoms with van der Waals surface area (Å²) < 4.78 is 13.8. The maximum atomic E-state index is 12.9. The first-order valence-corrected chi connectivity index (χ1v) is 7.51. The van der Waals surface area contributed by atoms with Crippen molar-refractivity contribution in [3.63, 3.8) is 0 Å². The molecule has 1 amide bonds. The Morgan fingerprint density at radius 2 is 1.96 bits per heavy atom. The van der Waals surface area contributed by atoms with Crippen LogP contribution in [0.1, 0.15) is 5.56 Å². The first-order valence-electron chi connectivity index (χ1n) is 6.70. The fourth-order valence-electron chi connectivity index (χ4n) is 1.96. The number of amides is 1. The fraction of sp³-hybridized carbons (Fsp3) is 0. The van der Waals surface area contributed by atoms with Crippen LogP contribution in [0.4, 0.5) is 9.52 Å². The van der Waals surface area contributed by atoms with Crippen molar-refractivity contribution in [2.24, 2.45) is 0 Å². The number of aromatic nitrogens is 1. The average Bonchev–Trinajstić information content (AvgIpc) is 2.96. The number of nitrogens with zero attached hydrogens (tertiary/aromatic N) is 2. The van der Waals surface area contributed by atoms with Crippen molar-refractivity contribution in [2.45, 2.75) is 0 Å². The highest BCUT2D eigenvalue weighted by molar-refractivity contribution is 7.22. The molecule has 1 N–H and O–H groups in total. The Balaban J connectivity index is 1.82. The molecule has 0 saturated carbocycles. The number of nitriles is 1. The smallest absolute Gasteiger partial charge is 0.268 e. The molecule has 0 atom stereocenters. The number of hydrogen-bond acceptors (Lipinski definition) is 4. The number of halogens is 1. The molecule has 0 unspecified atom stereocenters. The Hall–Kier alpha value is -3.04. The Bertz CT molecular complexity index is 905. The van der Waals surface area contributed by atoms with Crippen LogP contribution >= 0.6 is 11.3 Å². The minimum Gasteiger partial charge on any atom is -0.297 e. The predicted octanol–water partition coefficient (Wildman–Crippen LogP) is 3.98. The van der Waals surface area contributed by atoms with Crippen molar-refractivity contribution >= 4 is 38.7 Å². The number of hydrogen-bond donors (Lipinski definition) is 1. The summed E-state index contributed by atoms with van der Waals surface area (Å²) in [5.41, 5.74) is 1.28. The van der Waals surface area contributed by atoms with E-state index >= 15 is 0 Å². The molecule has 6 heteroatoms. The average molecular weight is 323 g/mol. The summed E-state index contributed by atoms with van der Waals surface area (Å²) in [4.78, 5) is 16.5. The largest absolute Gasteiger partial charge is 0.297 e. The molecule has 3 aromatic rings. The monoisotopic (exact) mass is 323 g/mol. The van der Waals surface area contributed by atoms with Crippen molar-refractivity contribution < 1.29 is 9.18 Å². The molecular weight excluding hydrogens is 313 g/mol. The second-order valence-electron chi connectivity index (χ2n) is 4.66. The molecule has 1 aromatic heterocycles. The first-order chi connectivity index (χ1) is 11.2. The number of benzene rings is 2. The van der Waals surface area contributed by atoms with Crippen molar-refractivity contribution in [2.75, 3.05) is 5.32 Å². The van der Waals surface area contributed by atoms with E-state index in [0.717, 1.165) is 10.2 Å². The van der Waals surface area contributed by atoms with Gasteiger partial charge in [-0.3, -0.25) is 10.1 Å². The van der Waals surface area contributed by atoms with Crippen LogP contribution in [0, 0.1) is 17.1 Å². The van der Waals surface area contributed by atoms with E-state index < -0.39 is 5.91 Å². The van der Waals surface area contributed by atoms with E-state index in [-0.39, 0.29) is 11.4 Å². The molecule has 112 valence electrons. The van der Waals surface area contributed by atoms with Crippen molar-refractivity contribution in [3.05, 3.63) is 65.5 Å². The Labute approximate surface area is 135 Å². The van der Waals surface area contributed by atoms with E-state index in [0.29, 0.717) is 10.7 Å². The number of carbonyl (C=O) groups excluding carboxylic acids is 1. The highest BCUT2D eigenvalue weighted by Crippen LogP contribution is 2.25. The maximum absolute atomic E-state index is 12.9. The Kier molecular flexibility index (Phi) is 4.13. The van der Waals surface area contributed by atoms with Gasteiger partial charge in [0.05, 0.1) is 10.2 Å². The maximum Gasteiger partial charge on any atom is 0.268 e. The minimum atomic E-state index is -0.545. The zero-order valence-corrected chi connectivity index (χ0v) is 12.6. The van der Waals surface area contributed by atoms with Gasteiger partial charge in [0.1, 0.15) is 17.5 Å². The summed E-state index contributed by atoms with van der Waals surface area (Å²) in [6.07, 6.45) is 1.40. The van der Waals surface area contributed by atoms with Gasteiger partial charge in [0, 0.05) is 0 Å². The number of fused-ring (bicyclic) bond motifs is 1. The third kappa shape index (κ3) is 3.42. The molecule has 0 aliphatic carbocycles. The molecule has 0 fully saturated rings. The van der Waals surface area contributed by atoms with E-state index in [1.165, 1.54) is 41.7 Å². The van der Waals surface area contributed by atoms with E-state index in [1.807, 2.05) is 30.3 Å². The summed E-state index contributed by atoms with van der Waals surface area (Å²) >= 11 is 1.33. The lowest BCUT2D eigenvalue weighted by molar-refractivity contribution is -0.112. The molecule has 3 rings (SSSR count). The van der Waals surface area contributed by atoms with Crippen LogP contribution in [-0.2, 0) is 4.79 Å². The van der Waals surface area contributed by atoms with Crippen LogP contribution in [0.25, 0.3) is 16.3 Å². The van der Waals surface area contributed by atoms with Crippen LogP contribution in [0.15, 0.2) is 54.1 Å². The quantitative estimate of drug-likeness (QED) is 0.585. The van der Waals surface area contributed by atoms with Gasteiger partial charge in [0.2, 0.25) is 0 Å². The van der Waals surface area contributed by atoms with Gasteiger partial charge in [0.25, 0.3) is 5.91 Å². The molecule has 0 bridgehead atoms. The molecule has 0 aliphatic rings. The van der Waals surface area contributed by atoms with Gasteiger partial charge in [-0.15, -0.1) is 0 Å². The minimum absolute atomic E-state index is 0.0733. The van der Waals surface area contributed by atoms with Gasteiger partial charge >= 0.3 is 0 Å². The van der Waals surface area contributed by atoms with Crippen LogP contribution in [0.5, 0.6) is 0 Å². The normalized spacial score (nSPS) is 11.2. The summed E-state index contributed by atoms with van der Waals surface area (Å²) in [5.74, 6) is -0.921. The summed E-state index contributed by atoms with van der Waals surface area (Å²) in [6, 6.07) is 14.9. The van der Waals surface area contributed by atoms with Crippen molar-refractivity contribution in [1.29, 1.82) is 5.26 Å². The number of carbonyl (C=O) groups is 1. The van der Waals surface area contributed by atoms with Crippen LogP contribution in [0.3, 0.4) is 0 Å². The van der Waals surface area contributed by atoms with Gasteiger partial charge in [0.15, 0.2) is 5.13 Å². The molecule has 0 radical (unpaired) electrons. The summed E-state index contributed by atoms with van der Waals surface area (Å²) in [6.45, 7) is 0. The van der Waals surface area contributed by atoms with Crippen molar-refractivity contribution in [3.8, 4) is 6.07 Å². The molecule has 0 aliphatic heterocycles.